The van der Waals surface area contributed by atoms with Gasteiger partial charge in [-0.3, -0.25) is 14.5 Å². The molecule has 1 N–H and O–H groups in total. The minimum absolute atomic E-state index is 0.0410. The van der Waals surface area contributed by atoms with Gasteiger partial charge < -0.3 is 5.32 Å². The average molecular weight is 315 g/mol. The molecule has 4 nitrogen and oxygen atoms in total. The third-order valence-corrected chi connectivity index (χ3v) is 4.57. The predicted octanol–water partition coefficient (Wildman–Crippen LogP) is 3.02. The Morgan fingerprint density at radius 2 is 1.90 bits per heavy atom. The number of carbonyl (C=O) groups is 2. The molecule has 0 aromatic heterocycles. The molecule has 2 amide bonds. The minimum Gasteiger partial charge on any atom is -0.340 e. The van der Waals surface area contributed by atoms with E-state index in [0.717, 1.165) is 0 Å². The first-order valence-corrected chi connectivity index (χ1v) is 7.27. The highest BCUT2D eigenvalue weighted by molar-refractivity contribution is 6.44. The van der Waals surface area contributed by atoms with E-state index < -0.39 is 5.54 Å². The summed E-state index contributed by atoms with van der Waals surface area (Å²) in [4.78, 5) is 26.1. The lowest BCUT2D eigenvalue weighted by Crippen LogP contribution is -2.66. The summed E-state index contributed by atoms with van der Waals surface area (Å²) in [5, 5.41) is 3.46. The maximum Gasteiger partial charge on any atom is 0.253 e. The SMILES string of the molecule is CCC1(CC)NC(=O)CN(c2cccc(Cl)c2Cl)C1=O. The normalized spacial score (nSPS) is 18.1. The van der Waals surface area contributed by atoms with Crippen LogP contribution in [0.5, 0.6) is 0 Å². The Morgan fingerprint density at radius 1 is 1.25 bits per heavy atom. The number of piperazine rings is 1. The fourth-order valence-corrected chi connectivity index (χ4v) is 2.86. The van der Waals surface area contributed by atoms with Crippen LogP contribution in [0.25, 0.3) is 0 Å². The molecule has 108 valence electrons. The zero-order valence-electron chi connectivity index (χ0n) is 11.4. The number of hydrogen-bond donors (Lipinski definition) is 1. The monoisotopic (exact) mass is 314 g/mol. The van der Waals surface area contributed by atoms with Gasteiger partial charge >= 0.3 is 0 Å². The fraction of sp³-hybridized carbons (Fsp3) is 0.429. The molecular formula is C14H16Cl2N2O2. The molecule has 2 rings (SSSR count). The van der Waals surface area contributed by atoms with Gasteiger partial charge in [0.15, 0.2) is 0 Å². The third-order valence-electron chi connectivity index (χ3n) is 3.76. The lowest BCUT2D eigenvalue weighted by molar-refractivity contribution is -0.136. The summed E-state index contributed by atoms with van der Waals surface area (Å²) in [5.74, 6) is -0.337. The van der Waals surface area contributed by atoms with E-state index in [4.69, 9.17) is 23.2 Å². The van der Waals surface area contributed by atoms with Gasteiger partial charge in [-0.05, 0) is 25.0 Å². The fourth-order valence-electron chi connectivity index (χ4n) is 2.46. The van der Waals surface area contributed by atoms with Crippen molar-refractivity contribution in [2.24, 2.45) is 0 Å². The van der Waals surface area contributed by atoms with E-state index in [1.165, 1.54) is 4.90 Å². The smallest absolute Gasteiger partial charge is 0.253 e. The number of carbonyl (C=O) groups excluding carboxylic acids is 2. The molecular weight excluding hydrogens is 299 g/mol. The Kier molecular flexibility index (Phi) is 4.25. The zero-order valence-corrected chi connectivity index (χ0v) is 12.9. The van der Waals surface area contributed by atoms with Crippen molar-refractivity contribution in [3.8, 4) is 0 Å². The van der Waals surface area contributed by atoms with Crippen LogP contribution >= 0.6 is 23.2 Å². The molecule has 20 heavy (non-hydrogen) atoms. The second kappa shape index (κ2) is 5.62. The third kappa shape index (κ3) is 2.38. The molecule has 1 aromatic rings. The van der Waals surface area contributed by atoms with Crippen LogP contribution in [0.1, 0.15) is 26.7 Å². The largest absolute Gasteiger partial charge is 0.340 e. The summed E-state index contributed by atoms with van der Waals surface area (Å²) in [5.41, 5.74) is -0.383. The van der Waals surface area contributed by atoms with Crippen molar-refractivity contribution < 1.29 is 9.59 Å². The highest BCUT2D eigenvalue weighted by atomic mass is 35.5. The van der Waals surface area contributed by atoms with Crippen molar-refractivity contribution in [1.29, 1.82) is 0 Å². The van der Waals surface area contributed by atoms with E-state index in [1.807, 2.05) is 13.8 Å². The first kappa shape index (κ1) is 15.1. The van der Waals surface area contributed by atoms with Crippen molar-refractivity contribution >= 4 is 40.7 Å². The second-order valence-corrected chi connectivity index (χ2v) is 5.59. The molecule has 0 aliphatic carbocycles. The lowest BCUT2D eigenvalue weighted by atomic mass is 9.88. The van der Waals surface area contributed by atoms with Crippen molar-refractivity contribution in [1.82, 2.24) is 5.32 Å². The summed E-state index contributed by atoms with van der Waals surface area (Å²) in [6, 6.07) is 5.05. The van der Waals surface area contributed by atoms with Crippen LogP contribution < -0.4 is 10.2 Å². The molecule has 0 radical (unpaired) electrons. The number of anilines is 1. The van der Waals surface area contributed by atoms with Crippen LogP contribution in [-0.2, 0) is 9.59 Å². The number of benzene rings is 1. The highest BCUT2D eigenvalue weighted by Crippen LogP contribution is 2.35. The van der Waals surface area contributed by atoms with Gasteiger partial charge in [-0.1, -0.05) is 43.1 Å². The number of hydrogen-bond acceptors (Lipinski definition) is 2. The van der Waals surface area contributed by atoms with Crippen LogP contribution in [0.4, 0.5) is 5.69 Å². The Labute approximate surface area is 128 Å². The minimum atomic E-state index is -0.860. The van der Waals surface area contributed by atoms with E-state index in [1.54, 1.807) is 18.2 Å². The van der Waals surface area contributed by atoms with Crippen LogP contribution in [0.15, 0.2) is 18.2 Å². The molecule has 6 heteroatoms. The first-order valence-electron chi connectivity index (χ1n) is 6.52. The Bertz CT molecular complexity index is 556. The van der Waals surface area contributed by atoms with Gasteiger partial charge in [0.1, 0.15) is 12.1 Å². The number of halogens is 2. The summed E-state index contributed by atoms with van der Waals surface area (Å²) in [6.07, 6.45) is 1.06. The molecule has 0 saturated carbocycles. The Hall–Kier alpha value is -1.26. The van der Waals surface area contributed by atoms with Crippen molar-refractivity contribution in [3.63, 3.8) is 0 Å². The quantitative estimate of drug-likeness (QED) is 0.932. The van der Waals surface area contributed by atoms with Crippen molar-refractivity contribution in [2.45, 2.75) is 32.2 Å². The predicted molar refractivity (Wildman–Crippen MR) is 80.3 cm³/mol. The van der Waals surface area contributed by atoms with E-state index >= 15 is 0 Å². The molecule has 1 aliphatic heterocycles. The van der Waals surface area contributed by atoms with Crippen LogP contribution in [-0.4, -0.2) is 23.9 Å². The van der Waals surface area contributed by atoms with Crippen molar-refractivity contribution in [3.05, 3.63) is 28.2 Å². The maximum absolute atomic E-state index is 12.7. The van der Waals surface area contributed by atoms with Gasteiger partial charge in [-0.25, -0.2) is 0 Å². The van der Waals surface area contributed by atoms with Gasteiger partial charge in [0.05, 0.1) is 15.7 Å². The molecule has 1 aliphatic rings. The zero-order chi connectivity index (χ0) is 14.9. The summed E-state index contributed by atoms with van der Waals surface area (Å²) >= 11 is 12.1. The molecule has 1 aromatic carbocycles. The summed E-state index contributed by atoms with van der Waals surface area (Å²) < 4.78 is 0. The van der Waals surface area contributed by atoms with Crippen molar-refractivity contribution in [2.75, 3.05) is 11.4 Å². The number of rotatable bonds is 3. The number of amides is 2. The molecule has 0 bridgehead atoms. The van der Waals surface area contributed by atoms with E-state index in [9.17, 15) is 9.59 Å². The number of nitrogens with one attached hydrogen (secondary N) is 1. The average Bonchev–Trinajstić information content (AvgIpc) is 2.44. The molecule has 1 heterocycles. The van der Waals surface area contributed by atoms with Crippen LogP contribution in [0, 0.1) is 0 Å². The second-order valence-electron chi connectivity index (χ2n) is 4.80. The Morgan fingerprint density at radius 3 is 2.50 bits per heavy atom. The van der Waals surface area contributed by atoms with Gasteiger partial charge in [-0.15, -0.1) is 0 Å². The molecule has 0 unspecified atom stereocenters. The van der Waals surface area contributed by atoms with Crippen LogP contribution in [0.2, 0.25) is 10.0 Å². The maximum atomic E-state index is 12.7. The van der Waals surface area contributed by atoms with E-state index in [0.29, 0.717) is 28.6 Å². The van der Waals surface area contributed by atoms with Gasteiger partial charge in [-0.2, -0.15) is 0 Å². The summed E-state index contributed by atoms with van der Waals surface area (Å²) in [6.45, 7) is 3.72. The molecule has 1 saturated heterocycles. The van der Waals surface area contributed by atoms with Crippen LogP contribution in [0.3, 0.4) is 0 Å². The van der Waals surface area contributed by atoms with E-state index in [-0.39, 0.29) is 18.4 Å². The first-order chi connectivity index (χ1) is 9.45. The molecule has 0 spiro atoms. The lowest BCUT2D eigenvalue weighted by Gasteiger charge is -2.41. The molecule has 1 fully saturated rings. The standard InChI is InChI=1S/C14H16Cl2N2O2/c1-3-14(4-2)13(20)18(8-11(19)17-14)10-7-5-6-9(15)12(10)16/h5-7H,3-4,8H2,1-2H3,(H,17,19). The van der Waals surface area contributed by atoms with Gasteiger partial charge in [0.25, 0.3) is 5.91 Å². The summed E-state index contributed by atoms with van der Waals surface area (Å²) in [7, 11) is 0. The molecule has 0 atom stereocenters. The Balaban J connectivity index is 2.48. The van der Waals surface area contributed by atoms with E-state index in [2.05, 4.69) is 5.32 Å². The van der Waals surface area contributed by atoms with Gasteiger partial charge in [0, 0.05) is 0 Å². The highest BCUT2D eigenvalue weighted by Gasteiger charge is 2.44. The van der Waals surface area contributed by atoms with Gasteiger partial charge in [0.2, 0.25) is 5.91 Å². The topological polar surface area (TPSA) is 49.4 Å². The number of nitrogens with zero attached hydrogens (tertiary/aromatic N) is 1.